The minimum atomic E-state index is -3.70. The summed E-state index contributed by atoms with van der Waals surface area (Å²) < 4.78 is 35.3. The van der Waals surface area contributed by atoms with Crippen LogP contribution in [0.25, 0.3) is 11.1 Å². The molecule has 144 valence electrons. The first-order valence-electron chi connectivity index (χ1n) is 8.93. The first-order valence-corrected chi connectivity index (χ1v) is 9.31. The van der Waals surface area contributed by atoms with Crippen LogP contribution in [0.1, 0.15) is 12.8 Å². The van der Waals surface area contributed by atoms with E-state index in [0.717, 1.165) is 12.8 Å². The number of allylic oxidation sites excluding steroid dienone is 2. The summed E-state index contributed by atoms with van der Waals surface area (Å²) >= 11 is 6.20. The Kier molecular flexibility index (Phi) is 3.84. The van der Waals surface area contributed by atoms with Crippen molar-refractivity contribution in [2.45, 2.75) is 19.1 Å². The van der Waals surface area contributed by atoms with Crippen molar-refractivity contribution < 1.29 is 23.0 Å². The Morgan fingerprint density at radius 1 is 1.18 bits per heavy atom. The van der Waals surface area contributed by atoms with Crippen molar-refractivity contribution in [3.8, 4) is 22.6 Å². The Balaban J connectivity index is 1.33. The third kappa shape index (κ3) is 2.99. The van der Waals surface area contributed by atoms with Gasteiger partial charge in [0.05, 0.1) is 5.02 Å². The number of hydrogen-bond donors (Lipinski definition) is 1. The molecule has 0 saturated heterocycles. The number of rotatable bonds is 3. The van der Waals surface area contributed by atoms with Crippen molar-refractivity contribution in [2.75, 3.05) is 5.32 Å². The fraction of sp³-hybridized carbons (Fsp3) is 0.300. The number of carbonyl (C=O) groups is 1. The van der Waals surface area contributed by atoms with Gasteiger partial charge in [-0.15, -0.1) is 8.78 Å². The van der Waals surface area contributed by atoms with Crippen molar-refractivity contribution in [1.29, 1.82) is 0 Å². The highest BCUT2D eigenvalue weighted by atomic mass is 35.5. The molecule has 5 nitrogen and oxygen atoms in total. The van der Waals surface area contributed by atoms with E-state index in [9.17, 15) is 13.6 Å². The van der Waals surface area contributed by atoms with E-state index in [1.807, 2.05) is 0 Å². The number of halogens is 3. The SMILES string of the molecule is O=C(Nc1ccc(-c2cc3c(cc2Cl)OC(F)(F)O3)cn1)[C@H]1C[C@@H]2C=C[C@@H]1C2. The van der Waals surface area contributed by atoms with Gasteiger partial charge < -0.3 is 14.8 Å². The number of fused-ring (bicyclic) bond motifs is 3. The number of pyridine rings is 1. The second kappa shape index (κ2) is 6.17. The molecule has 1 N–H and O–H groups in total. The number of benzene rings is 1. The average molecular weight is 405 g/mol. The molecule has 8 heteroatoms. The Labute approximate surface area is 164 Å². The number of aromatic nitrogens is 1. The van der Waals surface area contributed by atoms with Crippen LogP contribution in [0.3, 0.4) is 0 Å². The second-order valence-electron chi connectivity index (χ2n) is 7.25. The van der Waals surface area contributed by atoms with Crippen LogP contribution in [0, 0.1) is 17.8 Å². The van der Waals surface area contributed by atoms with Crippen LogP contribution in [0.5, 0.6) is 11.5 Å². The number of amides is 1. The van der Waals surface area contributed by atoms with Crippen LogP contribution < -0.4 is 14.8 Å². The lowest BCUT2D eigenvalue weighted by Gasteiger charge is -2.17. The molecule has 0 unspecified atom stereocenters. The predicted molar refractivity (Wildman–Crippen MR) is 98.4 cm³/mol. The van der Waals surface area contributed by atoms with Crippen LogP contribution in [0.15, 0.2) is 42.6 Å². The van der Waals surface area contributed by atoms with Crippen molar-refractivity contribution in [3.63, 3.8) is 0 Å². The summed E-state index contributed by atoms with van der Waals surface area (Å²) in [6.45, 7) is 0. The summed E-state index contributed by atoms with van der Waals surface area (Å²) in [4.78, 5) is 16.8. The summed E-state index contributed by atoms with van der Waals surface area (Å²) in [6.07, 6.45) is 4.06. The minimum absolute atomic E-state index is 0.0125. The molecule has 2 bridgehead atoms. The molecule has 1 aliphatic heterocycles. The third-order valence-electron chi connectivity index (χ3n) is 5.43. The summed E-state index contributed by atoms with van der Waals surface area (Å²) in [5.41, 5.74) is 1.08. The largest absolute Gasteiger partial charge is 0.586 e. The molecule has 5 rings (SSSR count). The molecular weight excluding hydrogens is 390 g/mol. The zero-order valence-corrected chi connectivity index (χ0v) is 15.2. The van der Waals surface area contributed by atoms with E-state index in [-0.39, 0.29) is 28.3 Å². The predicted octanol–water partition coefficient (Wildman–Crippen LogP) is 4.87. The van der Waals surface area contributed by atoms with Gasteiger partial charge in [-0.1, -0.05) is 23.8 Å². The number of nitrogens with one attached hydrogen (secondary N) is 1. The molecule has 3 atom stereocenters. The van der Waals surface area contributed by atoms with Gasteiger partial charge in [-0.2, -0.15) is 0 Å². The van der Waals surface area contributed by atoms with E-state index in [0.29, 0.717) is 28.8 Å². The lowest BCUT2D eigenvalue weighted by atomic mass is 9.93. The Morgan fingerprint density at radius 3 is 2.61 bits per heavy atom. The molecule has 3 aliphatic rings. The van der Waals surface area contributed by atoms with Gasteiger partial charge in [-0.05, 0) is 42.9 Å². The van der Waals surface area contributed by atoms with Crippen molar-refractivity contribution in [1.82, 2.24) is 4.98 Å². The number of nitrogens with zero attached hydrogens (tertiary/aromatic N) is 1. The van der Waals surface area contributed by atoms with E-state index in [2.05, 4.69) is 31.9 Å². The molecule has 1 aromatic heterocycles. The molecular formula is C20H15ClF2N2O3. The standard InChI is InChI=1S/C20H15ClF2N2O3/c21-15-8-17-16(27-20(22,23)28-17)7-13(15)12-3-4-18(24-9-12)25-19(26)14-6-10-1-2-11(14)5-10/h1-4,7-11,14H,5-6H2,(H,24,25,26)/t10-,11-,14+/m1/s1. The van der Waals surface area contributed by atoms with Gasteiger partial charge in [-0.25, -0.2) is 4.98 Å². The Bertz CT molecular complexity index is 994. The number of ether oxygens (including phenoxy) is 2. The van der Waals surface area contributed by atoms with E-state index < -0.39 is 6.29 Å². The molecule has 0 radical (unpaired) electrons. The molecule has 1 fully saturated rings. The zero-order valence-electron chi connectivity index (χ0n) is 14.5. The second-order valence-corrected chi connectivity index (χ2v) is 7.66. The highest BCUT2D eigenvalue weighted by Crippen LogP contribution is 2.46. The van der Waals surface area contributed by atoms with Crippen LogP contribution in [-0.2, 0) is 4.79 Å². The van der Waals surface area contributed by atoms with E-state index in [1.54, 1.807) is 12.1 Å². The van der Waals surface area contributed by atoms with Crippen molar-refractivity contribution >= 4 is 23.3 Å². The quantitative estimate of drug-likeness (QED) is 0.741. The van der Waals surface area contributed by atoms with Gasteiger partial charge in [0.2, 0.25) is 5.91 Å². The van der Waals surface area contributed by atoms with E-state index >= 15 is 0 Å². The van der Waals surface area contributed by atoms with Crippen LogP contribution in [0.2, 0.25) is 5.02 Å². The lowest BCUT2D eigenvalue weighted by Crippen LogP contribution is -2.26. The van der Waals surface area contributed by atoms with Gasteiger partial charge in [0.25, 0.3) is 0 Å². The Hall–Kier alpha value is -2.67. The summed E-state index contributed by atoms with van der Waals surface area (Å²) in [6, 6.07) is 6.04. The number of alkyl halides is 2. The van der Waals surface area contributed by atoms with Crippen molar-refractivity contribution in [2.24, 2.45) is 17.8 Å². The summed E-state index contributed by atoms with van der Waals surface area (Å²) in [7, 11) is 0. The highest BCUT2D eigenvalue weighted by Gasteiger charge is 2.44. The fourth-order valence-corrected chi connectivity index (χ4v) is 4.38. The van der Waals surface area contributed by atoms with Gasteiger partial charge in [0, 0.05) is 29.3 Å². The monoisotopic (exact) mass is 404 g/mol. The molecule has 2 aliphatic carbocycles. The topological polar surface area (TPSA) is 60.5 Å². The average Bonchev–Trinajstić information content (AvgIpc) is 3.34. The molecule has 28 heavy (non-hydrogen) atoms. The fourth-order valence-electron chi connectivity index (χ4n) is 4.12. The number of anilines is 1. The summed E-state index contributed by atoms with van der Waals surface area (Å²) in [5.74, 6) is 1.01. The van der Waals surface area contributed by atoms with E-state index in [1.165, 1.54) is 18.3 Å². The first-order chi connectivity index (χ1) is 13.4. The Morgan fingerprint density at radius 2 is 1.96 bits per heavy atom. The molecule has 1 amide bonds. The maximum absolute atomic E-state index is 13.2. The zero-order chi connectivity index (χ0) is 19.5. The van der Waals surface area contributed by atoms with Gasteiger partial charge >= 0.3 is 6.29 Å². The normalized spacial score (nSPS) is 25.9. The van der Waals surface area contributed by atoms with Crippen LogP contribution in [-0.4, -0.2) is 17.2 Å². The molecule has 1 saturated carbocycles. The first kappa shape index (κ1) is 17.4. The lowest BCUT2D eigenvalue weighted by molar-refractivity contribution is -0.286. The minimum Gasteiger partial charge on any atom is -0.395 e. The molecule has 1 aromatic carbocycles. The van der Waals surface area contributed by atoms with Crippen LogP contribution >= 0.6 is 11.6 Å². The highest BCUT2D eigenvalue weighted by molar-refractivity contribution is 6.33. The smallest absolute Gasteiger partial charge is 0.395 e. The molecule has 2 aromatic rings. The molecule has 2 heterocycles. The van der Waals surface area contributed by atoms with Crippen molar-refractivity contribution in [3.05, 3.63) is 47.6 Å². The maximum atomic E-state index is 13.2. The van der Waals surface area contributed by atoms with Crippen LogP contribution in [0.4, 0.5) is 14.6 Å². The number of carbonyl (C=O) groups excluding carboxylic acids is 1. The van der Waals surface area contributed by atoms with Gasteiger partial charge in [0.15, 0.2) is 11.5 Å². The van der Waals surface area contributed by atoms with Gasteiger partial charge in [0.1, 0.15) is 5.82 Å². The number of hydrogen-bond acceptors (Lipinski definition) is 4. The molecule has 0 spiro atoms. The van der Waals surface area contributed by atoms with E-state index in [4.69, 9.17) is 11.6 Å². The summed E-state index contributed by atoms with van der Waals surface area (Å²) in [5, 5.41) is 3.08. The third-order valence-corrected chi connectivity index (χ3v) is 5.75. The van der Waals surface area contributed by atoms with Gasteiger partial charge in [-0.3, -0.25) is 4.79 Å². The maximum Gasteiger partial charge on any atom is 0.586 e.